The summed E-state index contributed by atoms with van der Waals surface area (Å²) in [7, 11) is 0. The first-order chi connectivity index (χ1) is 10.5. The zero-order valence-corrected chi connectivity index (χ0v) is 12.8. The van der Waals surface area contributed by atoms with Gasteiger partial charge in [-0.3, -0.25) is 25.2 Å². The Hall–Kier alpha value is -2.61. The molecule has 1 aromatic heterocycles. The van der Waals surface area contributed by atoms with E-state index >= 15 is 0 Å². The topological polar surface area (TPSA) is 100 Å². The van der Waals surface area contributed by atoms with Gasteiger partial charge in [-0.05, 0) is 24.3 Å². The molecule has 0 fully saturated rings. The predicted molar refractivity (Wildman–Crippen MR) is 82.3 cm³/mol. The molecular weight excluding hydrogens is 354 g/mol. The monoisotopic (exact) mass is 365 g/mol. The number of amides is 2. The zero-order chi connectivity index (χ0) is 15.9. The molecule has 0 aliphatic rings. The van der Waals surface area contributed by atoms with Gasteiger partial charge < -0.3 is 9.72 Å². The van der Waals surface area contributed by atoms with Gasteiger partial charge in [0.05, 0.1) is 5.56 Å². The lowest BCUT2D eigenvalue weighted by Crippen LogP contribution is -2.43. The summed E-state index contributed by atoms with van der Waals surface area (Å²) < 4.78 is 6.09. The smallest absolute Gasteiger partial charge is 0.276 e. The molecule has 0 unspecified atom stereocenters. The minimum atomic E-state index is -0.549. The van der Waals surface area contributed by atoms with Crippen molar-refractivity contribution in [2.75, 3.05) is 6.61 Å². The molecule has 22 heavy (non-hydrogen) atoms. The predicted octanol–water partition coefficient (Wildman–Crippen LogP) is 0.977. The molecule has 2 rings (SSSR count). The van der Waals surface area contributed by atoms with Gasteiger partial charge in [-0.1, -0.05) is 22.0 Å². The third kappa shape index (κ3) is 4.74. The van der Waals surface area contributed by atoms with Crippen LogP contribution in [-0.4, -0.2) is 23.4 Å². The number of rotatable bonds is 4. The largest absolute Gasteiger partial charge is 0.484 e. The number of halogens is 1. The summed E-state index contributed by atoms with van der Waals surface area (Å²) in [5, 5.41) is 0. The molecule has 1 aromatic carbocycles. The highest BCUT2D eigenvalue weighted by atomic mass is 79.9. The Balaban J connectivity index is 1.79. The molecule has 2 aromatic rings. The van der Waals surface area contributed by atoms with E-state index in [-0.39, 0.29) is 17.7 Å². The van der Waals surface area contributed by atoms with Crippen molar-refractivity contribution in [1.29, 1.82) is 0 Å². The first kappa shape index (κ1) is 15.8. The summed E-state index contributed by atoms with van der Waals surface area (Å²) in [6, 6.07) is 9.58. The number of aromatic nitrogens is 1. The van der Waals surface area contributed by atoms with Crippen LogP contribution in [0.3, 0.4) is 0 Å². The second kappa shape index (κ2) is 7.41. The zero-order valence-electron chi connectivity index (χ0n) is 11.3. The molecule has 0 atom stereocenters. The summed E-state index contributed by atoms with van der Waals surface area (Å²) in [5.41, 5.74) is 4.33. The fourth-order valence-corrected chi connectivity index (χ4v) is 1.87. The van der Waals surface area contributed by atoms with E-state index in [1.54, 1.807) is 18.2 Å². The maximum atomic E-state index is 11.7. The van der Waals surface area contributed by atoms with Crippen LogP contribution in [-0.2, 0) is 4.79 Å². The van der Waals surface area contributed by atoms with Gasteiger partial charge in [0.25, 0.3) is 11.8 Å². The van der Waals surface area contributed by atoms with Crippen LogP contribution in [0, 0.1) is 0 Å². The maximum Gasteiger partial charge on any atom is 0.276 e. The van der Waals surface area contributed by atoms with Crippen molar-refractivity contribution in [3.63, 3.8) is 0 Å². The number of hydrogen-bond donors (Lipinski definition) is 3. The molecule has 0 saturated carbocycles. The fourth-order valence-electron chi connectivity index (χ4n) is 1.49. The molecule has 0 aliphatic carbocycles. The number of pyridine rings is 1. The second-order valence-corrected chi connectivity index (χ2v) is 5.11. The molecule has 2 amide bonds. The SMILES string of the molecule is O=C(COc1cccc(Br)c1)NNC(=O)c1ccc(=O)[nH]c1. The van der Waals surface area contributed by atoms with Crippen molar-refractivity contribution < 1.29 is 14.3 Å². The van der Waals surface area contributed by atoms with E-state index in [1.165, 1.54) is 18.3 Å². The summed E-state index contributed by atoms with van der Waals surface area (Å²) in [6.07, 6.45) is 1.25. The van der Waals surface area contributed by atoms with Crippen LogP contribution >= 0.6 is 15.9 Å². The molecule has 1 heterocycles. The van der Waals surface area contributed by atoms with Gasteiger partial charge in [-0.25, -0.2) is 0 Å². The second-order valence-electron chi connectivity index (χ2n) is 4.19. The minimum absolute atomic E-state index is 0.216. The van der Waals surface area contributed by atoms with E-state index in [4.69, 9.17) is 4.74 Å². The number of hydrogen-bond acceptors (Lipinski definition) is 4. The van der Waals surface area contributed by atoms with Crippen molar-refractivity contribution in [3.05, 3.63) is 63.0 Å². The quantitative estimate of drug-likeness (QED) is 0.703. The minimum Gasteiger partial charge on any atom is -0.484 e. The van der Waals surface area contributed by atoms with Crippen LogP contribution in [0.25, 0.3) is 0 Å². The Morgan fingerprint density at radius 3 is 2.68 bits per heavy atom. The molecule has 0 aliphatic heterocycles. The number of hydrazine groups is 1. The summed E-state index contributed by atoms with van der Waals surface area (Å²) in [4.78, 5) is 36.5. The first-order valence-electron chi connectivity index (χ1n) is 6.21. The normalized spacial score (nSPS) is 9.86. The third-order valence-corrected chi connectivity index (χ3v) is 3.02. The van der Waals surface area contributed by atoms with Gasteiger partial charge in [0.15, 0.2) is 6.61 Å². The van der Waals surface area contributed by atoms with Gasteiger partial charge in [-0.15, -0.1) is 0 Å². The number of benzene rings is 1. The molecule has 7 nitrogen and oxygen atoms in total. The van der Waals surface area contributed by atoms with Gasteiger partial charge in [0, 0.05) is 16.7 Å². The Morgan fingerprint density at radius 1 is 1.18 bits per heavy atom. The highest BCUT2D eigenvalue weighted by Gasteiger charge is 2.08. The molecule has 0 spiro atoms. The lowest BCUT2D eigenvalue weighted by molar-refractivity contribution is -0.123. The van der Waals surface area contributed by atoms with Crippen molar-refractivity contribution >= 4 is 27.7 Å². The highest BCUT2D eigenvalue weighted by Crippen LogP contribution is 2.17. The molecular formula is C14H12BrN3O4. The number of carbonyl (C=O) groups excluding carboxylic acids is 2. The van der Waals surface area contributed by atoms with Crippen LogP contribution < -0.4 is 21.1 Å². The van der Waals surface area contributed by atoms with Crippen LogP contribution in [0.5, 0.6) is 5.75 Å². The Morgan fingerprint density at radius 2 is 2.00 bits per heavy atom. The first-order valence-corrected chi connectivity index (χ1v) is 7.00. The molecule has 8 heteroatoms. The van der Waals surface area contributed by atoms with Crippen molar-refractivity contribution in [2.45, 2.75) is 0 Å². The lowest BCUT2D eigenvalue weighted by Gasteiger charge is -2.08. The lowest BCUT2D eigenvalue weighted by atomic mass is 10.3. The average molecular weight is 366 g/mol. The molecule has 3 N–H and O–H groups in total. The van der Waals surface area contributed by atoms with E-state index in [1.807, 2.05) is 6.07 Å². The van der Waals surface area contributed by atoms with Crippen LogP contribution in [0.2, 0.25) is 0 Å². The summed E-state index contributed by atoms with van der Waals surface area (Å²) in [6.45, 7) is -0.248. The van der Waals surface area contributed by atoms with E-state index in [9.17, 15) is 14.4 Å². The van der Waals surface area contributed by atoms with Crippen molar-refractivity contribution in [3.8, 4) is 5.75 Å². The maximum absolute atomic E-state index is 11.7. The van der Waals surface area contributed by atoms with E-state index < -0.39 is 11.8 Å². The Bertz CT molecular complexity index is 724. The fraction of sp³-hybridized carbons (Fsp3) is 0.0714. The molecule has 0 radical (unpaired) electrons. The van der Waals surface area contributed by atoms with Gasteiger partial charge in [0.1, 0.15) is 5.75 Å². The van der Waals surface area contributed by atoms with E-state index in [0.717, 1.165) is 4.47 Å². The Labute approximate surface area is 133 Å². The number of H-pyrrole nitrogens is 1. The number of aromatic amines is 1. The number of ether oxygens (including phenoxy) is 1. The Kier molecular flexibility index (Phi) is 5.31. The van der Waals surface area contributed by atoms with Crippen LogP contribution in [0.4, 0.5) is 0 Å². The van der Waals surface area contributed by atoms with Crippen LogP contribution in [0.15, 0.2) is 51.9 Å². The van der Waals surface area contributed by atoms with Crippen molar-refractivity contribution in [1.82, 2.24) is 15.8 Å². The molecule has 0 saturated heterocycles. The van der Waals surface area contributed by atoms with Crippen LogP contribution in [0.1, 0.15) is 10.4 Å². The molecule has 114 valence electrons. The summed E-state index contributed by atoms with van der Waals surface area (Å²) in [5.74, 6) is -0.540. The van der Waals surface area contributed by atoms with E-state index in [0.29, 0.717) is 5.75 Å². The standard InChI is InChI=1S/C14H12BrN3O4/c15-10-2-1-3-11(6-10)22-8-13(20)17-18-14(21)9-4-5-12(19)16-7-9/h1-7H,8H2,(H,16,19)(H,17,20)(H,18,21). The third-order valence-electron chi connectivity index (χ3n) is 2.53. The van der Waals surface area contributed by atoms with E-state index in [2.05, 4.69) is 31.8 Å². The molecule has 0 bridgehead atoms. The number of nitrogens with one attached hydrogen (secondary N) is 3. The number of carbonyl (C=O) groups is 2. The average Bonchev–Trinajstić information content (AvgIpc) is 2.51. The van der Waals surface area contributed by atoms with Gasteiger partial charge in [-0.2, -0.15) is 0 Å². The summed E-state index contributed by atoms with van der Waals surface area (Å²) >= 11 is 3.29. The van der Waals surface area contributed by atoms with Gasteiger partial charge in [0.2, 0.25) is 5.56 Å². The van der Waals surface area contributed by atoms with Crippen molar-refractivity contribution in [2.24, 2.45) is 0 Å². The highest BCUT2D eigenvalue weighted by molar-refractivity contribution is 9.10. The van der Waals surface area contributed by atoms with Gasteiger partial charge >= 0.3 is 0 Å².